The molecule has 1 aromatic heterocycles. The molecule has 0 spiro atoms. The predicted octanol–water partition coefficient (Wildman–Crippen LogP) is 0.362. The van der Waals surface area contributed by atoms with Gasteiger partial charge in [0.1, 0.15) is 4.90 Å². The Labute approximate surface area is 122 Å². The Morgan fingerprint density at radius 2 is 2.19 bits per heavy atom. The van der Waals surface area contributed by atoms with E-state index in [9.17, 15) is 18.5 Å². The molecule has 3 heterocycles. The summed E-state index contributed by atoms with van der Waals surface area (Å²) in [6.07, 6.45) is 3.15. The minimum atomic E-state index is -3.63. The molecule has 2 atom stereocenters. The molecule has 1 N–H and O–H groups in total. The number of nitrogens with zero attached hydrogens (tertiary/aromatic N) is 3. The summed E-state index contributed by atoms with van der Waals surface area (Å²) in [6, 6.07) is 2.57. The highest BCUT2D eigenvalue weighted by molar-refractivity contribution is 7.89. The Morgan fingerprint density at radius 1 is 1.38 bits per heavy atom. The molecule has 0 saturated carbocycles. The Kier molecular flexibility index (Phi) is 3.64. The van der Waals surface area contributed by atoms with Crippen molar-refractivity contribution >= 4 is 15.8 Å². The molecule has 2 saturated heterocycles. The normalized spacial score (nSPS) is 26.5. The van der Waals surface area contributed by atoms with Gasteiger partial charge in [-0.05, 0) is 41.3 Å². The highest BCUT2D eigenvalue weighted by atomic mass is 32.2. The standard InChI is InChI=1S/C12H16N4O4S/c17-16(18)12-4-3-10(6-14-12)21(19,20)15-7-9-2-1-5-13-11(9)8-15/h3-4,6,9,11,13H,1-2,5,7-8H2. The molecule has 3 rings (SSSR count). The Balaban J connectivity index is 1.82. The van der Waals surface area contributed by atoms with Gasteiger partial charge in [-0.15, -0.1) is 0 Å². The van der Waals surface area contributed by atoms with Crippen molar-refractivity contribution in [2.24, 2.45) is 5.92 Å². The van der Waals surface area contributed by atoms with Crippen LogP contribution in [0.15, 0.2) is 23.2 Å². The number of fused-ring (bicyclic) bond motifs is 1. The maximum atomic E-state index is 12.5. The highest BCUT2D eigenvalue weighted by Gasteiger charge is 2.40. The van der Waals surface area contributed by atoms with Crippen molar-refractivity contribution in [1.82, 2.24) is 14.6 Å². The van der Waals surface area contributed by atoms with E-state index in [1.807, 2.05) is 0 Å². The zero-order valence-corrected chi connectivity index (χ0v) is 12.1. The van der Waals surface area contributed by atoms with Crippen LogP contribution in [0.2, 0.25) is 0 Å². The van der Waals surface area contributed by atoms with Crippen LogP contribution in [-0.2, 0) is 10.0 Å². The van der Waals surface area contributed by atoms with E-state index in [0.717, 1.165) is 31.6 Å². The third-order valence-electron chi connectivity index (χ3n) is 4.11. The van der Waals surface area contributed by atoms with E-state index in [0.29, 0.717) is 19.0 Å². The van der Waals surface area contributed by atoms with Gasteiger partial charge < -0.3 is 15.4 Å². The number of hydrogen-bond donors (Lipinski definition) is 1. The molecule has 2 unspecified atom stereocenters. The van der Waals surface area contributed by atoms with Crippen LogP contribution >= 0.6 is 0 Å². The average Bonchev–Trinajstić information content (AvgIpc) is 2.92. The fourth-order valence-corrected chi connectivity index (χ4v) is 4.45. The molecular formula is C12H16N4O4S. The van der Waals surface area contributed by atoms with Gasteiger partial charge in [-0.25, -0.2) is 8.42 Å². The molecule has 0 radical (unpaired) electrons. The molecule has 0 amide bonds. The fourth-order valence-electron chi connectivity index (χ4n) is 2.99. The lowest BCUT2D eigenvalue weighted by Crippen LogP contribution is -2.41. The molecule has 0 aromatic carbocycles. The number of aromatic nitrogens is 1. The van der Waals surface area contributed by atoms with Crippen molar-refractivity contribution in [3.63, 3.8) is 0 Å². The van der Waals surface area contributed by atoms with Gasteiger partial charge in [0.05, 0.1) is 0 Å². The molecule has 21 heavy (non-hydrogen) atoms. The second-order valence-electron chi connectivity index (χ2n) is 5.39. The lowest BCUT2D eigenvalue weighted by molar-refractivity contribution is -0.389. The van der Waals surface area contributed by atoms with Crippen molar-refractivity contribution < 1.29 is 13.3 Å². The number of nitro groups is 1. The molecular weight excluding hydrogens is 296 g/mol. The van der Waals surface area contributed by atoms with E-state index in [1.54, 1.807) is 0 Å². The minimum Gasteiger partial charge on any atom is -0.358 e. The van der Waals surface area contributed by atoms with Crippen molar-refractivity contribution in [1.29, 1.82) is 0 Å². The topological polar surface area (TPSA) is 105 Å². The molecule has 2 aliphatic heterocycles. The lowest BCUT2D eigenvalue weighted by atomic mass is 9.94. The Bertz CT molecular complexity index is 632. The van der Waals surface area contributed by atoms with Crippen molar-refractivity contribution in [3.8, 4) is 0 Å². The van der Waals surface area contributed by atoms with Gasteiger partial charge >= 0.3 is 5.82 Å². The van der Waals surface area contributed by atoms with Gasteiger partial charge in [-0.1, -0.05) is 0 Å². The van der Waals surface area contributed by atoms with Gasteiger partial charge in [0.2, 0.25) is 10.0 Å². The van der Waals surface area contributed by atoms with Crippen molar-refractivity contribution in [2.75, 3.05) is 19.6 Å². The number of sulfonamides is 1. The molecule has 2 fully saturated rings. The molecule has 8 nitrogen and oxygen atoms in total. The first-order chi connectivity index (χ1) is 9.98. The monoisotopic (exact) mass is 312 g/mol. The van der Waals surface area contributed by atoms with E-state index >= 15 is 0 Å². The van der Waals surface area contributed by atoms with Crippen LogP contribution in [0.4, 0.5) is 5.82 Å². The molecule has 2 aliphatic rings. The van der Waals surface area contributed by atoms with Gasteiger partial charge in [0, 0.05) is 25.2 Å². The summed E-state index contributed by atoms with van der Waals surface area (Å²) in [5.74, 6) is -0.00904. The van der Waals surface area contributed by atoms with Gasteiger partial charge in [-0.2, -0.15) is 4.31 Å². The van der Waals surface area contributed by atoms with Gasteiger partial charge in [0.25, 0.3) is 0 Å². The van der Waals surface area contributed by atoms with Crippen LogP contribution in [0.1, 0.15) is 12.8 Å². The Morgan fingerprint density at radius 3 is 2.81 bits per heavy atom. The Hall–Kier alpha value is -1.58. The quantitative estimate of drug-likeness (QED) is 0.638. The molecule has 1 aromatic rings. The second-order valence-corrected chi connectivity index (χ2v) is 7.33. The molecule has 0 aliphatic carbocycles. The number of rotatable bonds is 3. The third kappa shape index (κ3) is 2.63. The van der Waals surface area contributed by atoms with Crippen molar-refractivity contribution in [2.45, 2.75) is 23.8 Å². The van der Waals surface area contributed by atoms with Crippen LogP contribution in [0.5, 0.6) is 0 Å². The highest BCUT2D eigenvalue weighted by Crippen LogP contribution is 2.29. The van der Waals surface area contributed by atoms with Gasteiger partial charge in [0.15, 0.2) is 6.20 Å². The summed E-state index contributed by atoms with van der Waals surface area (Å²) in [4.78, 5) is 13.5. The van der Waals surface area contributed by atoms with Crippen molar-refractivity contribution in [3.05, 3.63) is 28.4 Å². The smallest absolute Gasteiger partial charge is 0.358 e. The number of pyridine rings is 1. The number of hydrogen-bond acceptors (Lipinski definition) is 6. The van der Waals surface area contributed by atoms with E-state index < -0.39 is 14.9 Å². The van der Waals surface area contributed by atoms with E-state index in [2.05, 4.69) is 10.3 Å². The largest absolute Gasteiger partial charge is 0.363 e. The van der Waals surface area contributed by atoms with E-state index in [-0.39, 0.29) is 16.8 Å². The van der Waals surface area contributed by atoms with E-state index in [1.165, 1.54) is 10.4 Å². The number of nitrogens with one attached hydrogen (secondary N) is 1. The second kappa shape index (κ2) is 5.32. The zero-order chi connectivity index (χ0) is 15.0. The molecule has 9 heteroatoms. The first-order valence-corrected chi connectivity index (χ1v) is 8.26. The molecule has 0 bridgehead atoms. The fraction of sp³-hybridized carbons (Fsp3) is 0.583. The van der Waals surface area contributed by atoms with E-state index in [4.69, 9.17) is 0 Å². The lowest BCUT2D eigenvalue weighted by Gasteiger charge is -2.24. The molecule has 114 valence electrons. The summed E-state index contributed by atoms with van der Waals surface area (Å²) in [7, 11) is -3.63. The first-order valence-electron chi connectivity index (χ1n) is 6.82. The van der Waals surface area contributed by atoms with Crippen LogP contribution in [0.25, 0.3) is 0 Å². The van der Waals surface area contributed by atoms with Crippen LogP contribution in [0.3, 0.4) is 0 Å². The van der Waals surface area contributed by atoms with Crippen LogP contribution in [-0.4, -0.2) is 48.3 Å². The summed E-state index contributed by atoms with van der Waals surface area (Å²) in [6.45, 7) is 1.87. The van der Waals surface area contributed by atoms with Gasteiger partial charge in [-0.3, -0.25) is 0 Å². The summed E-state index contributed by atoms with van der Waals surface area (Å²) < 4.78 is 26.5. The maximum absolute atomic E-state index is 12.5. The third-order valence-corrected chi connectivity index (χ3v) is 5.93. The summed E-state index contributed by atoms with van der Waals surface area (Å²) in [5, 5.41) is 13.9. The summed E-state index contributed by atoms with van der Waals surface area (Å²) >= 11 is 0. The van der Waals surface area contributed by atoms with Crippen LogP contribution in [0, 0.1) is 16.0 Å². The average molecular weight is 312 g/mol. The summed E-state index contributed by atoms with van der Waals surface area (Å²) in [5.41, 5.74) is 0. The maximum Gasteiger partial charge on any atom is 0.363 e. The zero-order valence-electron chi connectivity index (χ0n) is 11.3. The minimum absolute atomic E-state index is 0.00625. The number of piperidine rings is 1. The predicted molar refractivity (Wildman–Crippen MR) is 74.2 cm³/mol. The SMILES string of the molecule is O=[N+]([O-])c1ccc(S(=O)(=O)N2CC3CCCNC3C2)cn1. The first kappa shape index (κ1) is 14.4. The van der Waals surface area contributed by atoms with Crippen LogP contribution < -0.4 is 5.32 Å².